The predicted octanol–water partition coefficient (Wildman–Crippen LogP) is 3.98. The van der Waals surface area contributed by atoms with E-state index in [0.29, 0.717) is 6.54 Å². The van der Waals surface area contributed by atoms with E-state index in [4.69, 9.17) is 5.73 Å². The van der Waals surface area contributed by atoms with Crippen LogP contribution in [0.3, 0.4) is 0 Å². The summed E-state index contributed by atoms with van der Waals surface area (Å²) in [5, 5.41) is 0. The lowest BCUT2D eigenvalue weighted by molar-refractivity contribution is 1.07. The van der Waals surface area contributed by atoms with E-state index >= 15 is 0 Å². The van der Waals surface area contributed by atoms with Gasteiger partial charge in [-0.15, -0.1) is 0 Å². The topological polar surface area (TPSA) is 29.3 Å². The third-order valence-corrected chi connectivity index (χ3v) is 3.57. The van der Waals surface area contributed by atoms with Crippen molar-refractivity contribution in [1.29, 1.82) is 0 Å². The van der Waals surface area contributed by atoms with Crippen molar-refractivity contribution in [1.82, 2.24) is 0 Å². The van der Waals surface area contributed by atoms with E-state index in [2.05, 4.69) is 77.3 Å². The van der Waals surface area contributed by atoms with Gasteiger partial charge in [0.1, 0.15) is 0 Å². The molecule has 94 valence electrons. The van der Waals surface area contributed by atoms with Gasteiger partial charge < -0.3 is 10.6 Å². The third-order valence-electron chi connectivity index (χ3n) is 3.08. The monoisotopic (exact) mass is 304 g/mol. The maximum atomic E-state index is 5.61. The van der Waals surface area contributed by atoms with Gasteiger partial charge in [-0.05, 0) is 48.4 Å². The number of nitrogens with two attached hydrogens (primary N) is 1. The standard InChI is InChI=1S/C15H17BrN2/c1-11-9-13(16)5-8-15(11)18(2)14-6-3-12(10-17)4-7-14/h3-9H,10,17H2,1-2H3. The molecule has 0 atom stereocenters. The molecule has 0 aromatic heterocycles. The fourth-order valence-electron chi connectivity index (χ4n) is 1.99. The summed E-state index contributed by atoms with van der Waals surface area (Å²) in [6.07, 6.45) is 0. The quantitative estimate of drug-likeness (QED) is 0.929. The molecule has 0 radical (unpaired) electrons. The summed E-state index contributed by atoms with van der Waals surface area (Å²) >= 11 is 3.49. The molecule has 0 bridgehead atoms. The highest BCUT2D eigenvalue weighted by Crippen LogP contribution is 2.28. The molecule has 2 nitrogen and oxygen atoms in total. The highest BCUT2D eigenvalue weighted by atomic mass is 79.9. The Kier molecular flexibility index (Phi) is 4.04. The molecule has 0 aliphatic carbocycles. The Hall–Kier alpha value is -1.32. The minimum Gasteiger partial charge on any atom is -0.344 e. The number of benzene rings is 2. The minimum atomic E-state index is 0.585. The van der Waals surface area contributed by atoms with Crippen LogP contribution >= 0.6 is 15.9 Å². The number of halogens is 1. The number of hydrogen-bond donors (Lipinski definition) is 1. The van der Waals surface area contributed by atoms with Gasteiger partial charge in [0.25, 0.3) is 0 Å². The zero-order chi connectivity index (χ0) is 13.1. The normalized spacial score (nSPS) is 10.4. The SMILES string of the molecule is Cc1cc(Br)ccc1N(C)c1ccc(CN)cc1. The van der Waals surface area contributed by atoms with Crippen LogP contribution < -0.4 is 10.6 Å². The fraction of sp³-hybridized carbons (Fsp3) is 0.200. The first-order valence-corrected chi connectivity index (χ1v) is 6.70. The lowest BCUT2D eigenvalue weighted by Gasteiger charge is -2.22. The summed E-state index contributed by atoms with van der Waals surface area (Å²) in [6.45, 7) is 2.70. The summed E-state index contributed by atoms with van der Waals surface area (Å²) in [4.78, 5) is 2.18. The van der Waals surface area contributed by atoms with E-state index in [-0.39, 0.29) is 0 Å². The van der Waals surface area contributed by atoms with Crippen molar-refractivity contribution in [3.63, 3.8) is 0 Å². The minimum absolute atomic E-state index is 0.585. The van der Waals surface area contributed by atoms with Crippen LogP contribution in [0.1, 0.15) is 11.1 Å². The van der Waals surface area contributed by atoms with Gasteiger partial charge in [0.2, 0.25) is 0 Å². The largest absolute Gasteiger partial charge is 0.344 e. The maximum absolute atomic E-state index is 5.61. The molecule has 2 rings (SSSR count). The van der Waals surface area contributed by atoms with Crippen molar-refractivity contribution < 1.29 is 0 Å². The maximum Gasteiger partial charge on any atom is 0.0438 e. The molecule has 0 amide bonds. The van der Waals surface area contributed by atoms with Gasteiger partial charge in [-0.25, -0.2) is 0 Å². The van der Waals surface area contributed by atoms with Gasteiger partial charge >= 0.3 is 0 Å². The molecule has 0 saturated heterocycles. The van der Waals surface area contributed by atoms with E-state index in [9.17, 15) is 0 Å². The Morgan fingerprint density at radius 2 is 1.78 bits per heavy atom. The zero-order valence-corrected chi connectivity index (χ0v) is 12.2. The lowest BCUT2D eigenvalue weighted by Crippen LogP contribution is -2.11. The first-order valence-electron chi connectivity index (χ1n) is 5.90. The Morgan fingerprint density at radius 1 is 1.11 bits per heavy atom. The summed E-state index contributed by atoms with van der Waals surface area (Å²) in [5.74, 6) is 0. The van der Waals surface area contributed by atoms with Crippen LogP contribution in [0.5, 0.6) is 0 Å². The van der Waals surface area contributed by atoms with Gasteiger partial charge in [0, 0.05) is 29.4 Å². The van der Waals surface area contributed by atoms with Crippen LogP contribution in [0.4, 0.5) is 11.4 Å². The number of anilines is 2. The third kappa shape index (κ3) is 2.74. The van der Waals surface area contributed by atoms with Crippen molar-refractivity contribution in [2.45, 2.75) is 13.5 Å². The zero-order valence-electron chi connectivity index (χ0n) is 10.7. The first kappa shape index (κ1) is 13.1. The second-order valence-electron chi connectivity index (χ2n) is 4.36. The molecule has 0 fully saturated rings. The highest BCUT2D eigenvalue weighted by Gasteiger charge is 2.07. The number of aryl methyl sites for hydroxylation is 1. The summed E-state index contributed by atoms with van der Waals surface area (Å²) < 4.78 is 1.11. The Labute approximate surface area is 117 Å². The summed E-state index contributed by atoms with van der Waals surface area (Å²) in [6, 6.07) is 14.6. The van der Waals surface area contributed by atoms with Crippen molar-refractivity contribution in [3.8, 4) is 0 Å². The average Bonchev–Trinajstić information content (AvgIpc) is 2.38. The number of hydrogen-bond acceptors (Lipinski definition) is 2. The second-order valence-corrected chi connectivity index (χ2v) is 5.28. The molecular formula is C15H17BrN2. The molecule has 3 heteroatoms. The van der Waals surface area contributed by atoms with E-state index in [0.717, 1.165) is 15.7 Å². The molecular weight excluding hydrogens is 288 g/mol. The van der Waals surface area contributed by atoms with Crippen molar-refractivity contribution in [3.05, 3.63) is 58.1 Å². The highest BCUT2D eigenvalue weighted by molar-refractivity contribution is 9.10. The Balaban J connectivity index is 2.31. The van der Waals surface area contributed by atoms with Gasteiger partial charge in [0.15, 0.2) is 0 Å². The Bertz CT molecular complexity index is 535. The van der Waals surface area contributed by atoms with Gasteiger partial charge in [0.05, 0.1) is 0 Å². The van der Waals surface area contributed by atoms with Crippen molar-refractivity contribution >= 4 is 27.3 Å². The number of nitrogens with zero attached hydrogens (tertiary/aromatic N) is 1. The van der Waals surface area contributed by atoms with Crippen molar-refractivity contribution in [2.24, 2.45) is 5.73 Å². The molecule has 0 aliphatic heterocycles. The predicted molar refractivity (Wildman–Crippen MR) is 81.3 cm³/mol. The van der Waals surface area contributed by atoms with Gasteiger partial charge in [-0.3, -0.25) is 0 Å². The van der Waals surface area contributed by atoms with Crippen LogP contribution in [-0.4, -0.2) is 7.05 Å². The molecule has 18 heavy (non-hydrogen) atoms. The van der Waals surface area contributed by atoms with Crippen LogP contribution in [-0.2, 0) is 6.54 Å². The molecule has 2 aromatic carbocycles. The second kappa shape index (κ2) is 5.55. The first-order chi connectivity index (χ1) is 8.61. The Morgan fingerprint density at radius 3 is 2.33 bits per heavy atom. The summed E-state index contributed by atoms with van der Waals surface area (Å²) in [7, 11) is 2.08. The van der Waals surface area contributed by atoms with Crippen LogP contribution in [0.2, 0.25) is 0 Å². The molecule has 0 aliphatic rings. The smallest absolute Gasteiger partial charge is 0.0438 e. The van der Waals surface area contributed by atoms with Gasteiger partial charge in [-0.1, -0.05) is 28.1 Å². The van der Waals surface area contributed by atoms with E-state index in [1.807, 2.05) is 0 Å². The van der Waals surface area contributed by atoms with Gasteiger partial charge in [-0.2, -0.15) is 0 Å². The van der Waals surface area contributed by atoms with Crippen LogP contribution in [0, 0.1) is 6.92 Å². The fourth-order valence-corrected chi connectivity index (χ4v) is 2.47. The number of rotatable bonds is 3. The molecule has 0 spiro atoms. The van der Waals surface area contributed by atoms with E-state index < -0.39 is 0 Å². The molecule has 2 aromatic rings. The summed E-state index contributed by atoms with van der Waals surface area (Å²) in [5.41, 5.74) is 10.4. The average molecular weight is 305 g/mol. The van der Waals surface area contributed by atoms with Crippen LogP contribution in [0.25, 0.3) is 0 Å². The molecule has 2 N–H and O–H groups in total. The van der Waals surface area contributed by atoms with Crippen molar-refractivity contribution in [2.75, 3.05) is 11.9 Å². The lowest BCUT2D eigenvalue weighted by atomic mass is 10.1. The molecule has 0 saturated carbocycles. The van der Waals surface area contributed by atoms with Crippen LogP contribution in [0.15, 0.2) is 46.9 Å². The van der Waals surface area contributed by atoms with E-state index in [1.165, 1.54) is 11.3 Å². The van der Waals surface area contributed by atoms with E-state index in [1.54, 1.807) is 0 Å². The molecule has 0 unspecified atom stereocenters. The molecule has 0 heterocycles.